The van der Waals surface area contributed by atoms with E-state index in [2.05, 4.69) is 50.3 Å². The highest BCUT2D eigenvalue weighted by atomic mass is 31.2. The summed E-state index contributed by atoms with van der Waals surface area (Å²) >= 11 is 0. The highest BCUT2D eigenvalue weighted by Gasteiger charge is 2.20. The number of phosphoric ester groups is 1. The van der Waals surface area contributed by atoms with E-state index in [4.69, 9.17) is 18.5 Å². The van der Waals surface area contributed by atoms with E-state index in [-0.39, 0.29) is 25.8 Å². The number of carbonyl (C=O) groups excluding carboxylic acids is 1. The molecule has 0 aliphatic rings. The Bertz CT molecular complexity index is 1100. The third-order valence-electron chi connectivity index (χ3n) is 11.7. The lowest BCUT2D eigenvalue weighted by molar-refractivity contribution is -0.870. The number of carbonyl (C=O) groups is 1. The van der Waals surface area contributed by atoms with Crippen LogP contribution in [0.25, 0.3) is 0 Å². The van der Waals surface area contributed by atoms with Crippen LogP contribution < -0.4 is 4.89 Å². The molecular formula is C54H104NO7P. The van der Waals surface area contributed by atoms with Crippen LogP contribution in [0.2, 0.25) is 0 Å². The number of allylic oxidation sites excluding steroid dienone is 6. The summed E-state index contributed by atoms with van der Waals surface area (Å²) in [7, 11) is 1.36. The molecule has 0 bridgehead atoms. The lowest BCUT2D eigenvalue weighted by Crippen LogP contribution is -2.37. The maximum absolute atomic E-state index is 12.8. The average Bonchev–Trinajstić information content (AvgIpc) is 3.24. The minimum Gasteiger partial charge on any atom is -0.756 e. The zero-order chi connectivity index (χ0) is 46.2. The highest BCUT2D eigenvalue weighted by Crippen LogP contribution is 2.38. The smallest absolute Gasteiger partial charge is 0.306 e. The van der Waals surface area contributed by atoms with Crippen molar-refractivity contribution in [3.05, 3.63) is 36.5 Å². The van der Waals surface area contributed by atoms with E-state index in [1.54, 1.807) is 0 Å². The quantitative estimate of drug-likeness (QED) is 0.0197. The molecule has 0 radical (unpaired) electrons. The largest absolute Gasteiger partial charge is 0.756 e. The molecule has 2 atom stereocenters. The van der Waals surface area contributed by atoms with Crippen molar-refractivity contribution in [2.24, 2.45) is 0 Å². The topological polar surface area (TPSA) is 94.1 Å². The van der Waals surface area contributed by atoms with Crippen molar-refractivity contribution in [3.8, 4) is 0 Å². The van der Waals surface area contributed by atoms with Crippen molar-refractivity contribution in [1.82, 2.24) is 0 Å². The number of likely N-dealkylation sites (N-methyl/N-ethyl adjacent to an activating group) is 1. The Morgan fingerprint density at radius 1 is 0.492 bits per heavy atom. The van der Waals surface area contributed by atoms with Gasteiger partial charge >= 0.3 is 5.97 Å². The van der Waals surface area contributed by atoms with Crippen LogP contribution in [0.1, 0.15) is 245 Å². The molecule has 0 aromatic heterocycles. The predicted octanol–water partition coefficient (Wildman–Crippen LogP) is 15.9. The first-order valence-corrected chi connectivity index (χ1v) is 28.2. The summed E-state index contributed by atoms with van der Waals surface area (Å²) in [6, 6.07) is 0. The second-order valence-corrected chi connectivity index (χ2v) is 20.6. The summed E-state index contributed by atoms with van der Waals surface area (Å²) < 4.78 is 34.8. The van der Waals surface area contributed by atoms with Gasteiger partial charge in [-0.1, -0.05) is 204 Å². The van der Waals surface area contributed by atoms with E-state index < -0.39 is 13.9 Å². The molecule has 372 valence electrons. The zero-order valence-corrected chi connectivity index (χ0v) is 43.2. The van der Waals surface area contributed by atoms with Gasteiger partial charge in [-0.3, -0.25) is 9.36 Å². The van der Waals surface area contributed by atoms with Crippen molar-refractivity contribution in [2.75, 3.05) is 54.1 Å². The average molecular weight is 910 g/mol. The fourth-order valence-corrected chi connectivity index (χ4v) is 8.24. The van der Waals surface area contributed by atoms with Gasteiger partial charge in [-0.15, -0.1) is 0 Å². The van der Waals surface area contributed by atoms with E-state index in [0.717, 1.165) is 38.5 Å². The van der Waals surface area contributed by atoms with Gasteiger partial charge in [-0.2, -0.15) is 0 Å². The predicted molar refractivity (Wildman–Crippen MR) is 268 cm³/mol. The molecule has 0 aromatic carbocycles. The Kier molecular flexibility index (Phi) is 46.3. The molecule has 0 saturated carbocycles. The Morgan fingerprint density at radius 2 is 0.873 bits per heavy atom. The third kappa shape index (κ3) is 51.6. The third-order valence-corrected chi connectivity index (χ3v) is 12.6. The molecule has 0 amide bonds. The van der Waals surface area contributed by atoms with Crippen LogP contribution in [0.5, 0.6) is 0 Å². The van der Waals surface area contributed by atoms with E-state index in [0.29, 0.717) is 24.1 Å². The van der Waals surface area contributed by atoms with Gasteiger partial charge in [0.2, 0.25) is 0 Å². The number of phosphoric acid groups is 1. The molecule has 0 fully saturated rings. The van der Waals surface area contributed by atoms with Crippen LogP contribution in [-0.2, 0) is 27.9 Å². The molecule has 8 nitrogen and oxygen atoms in total. The summed E-state index contributed by atoms with van der Waals surface area (Å²) in [4.78, 5) is 25.2. The van der Waals surface area contributed by atoms with Crippen LogP contribution in [0.4, 0.5) is 0 Å². The number of rotatable bonds is 50. The SMILES string of the molecule is CCCCC/C=C\C/C=C\CCCCCCCCCCOCC(COP(=O)([O-])OCC[N+](C)(C)C)OC(=O)CCCCCCCCCCCCC/C=C\CCCCCCCCCC. The van der Waals surface area contributed by atoms with Gasteiger partial charge in [0.05, 0.1) is 34.4 Å². The van der Waals surface area contributed by atoms with E-state index in [1.165, 1.54) is 186 Å². The lowest BCUT2D eigenvalue weighted by Gasteiger charge is -2.28. The Hall–Kier alpha value is -1.28. The van der Waals surface area contributed by atoms with Crippen molar-refractivity contribution < 1.29 is 37.3 Å². The first kappa shape index (κ1) is 61.7. The molecule has 2 unspecified atom stereocenters. The lowest BCUT2D eigenvalue weighted by atomic mass is 10.0. The number of nitrogens with zero attached hydrogens (tertiary/aromatic N) is 1. The normalized spacial score (nSPS) is 13.8. The van der Waals surface area contributed by atoms with Gasteiger partial charge < -0.3 is 27.9 Å². The molecule has 0 rings (SSSR count). The number of ether oxygens (including phenoxy) is 2. The summed E-state index contributed by atoms with van der Waals surface area (Å²) in [5.74, 6) is -0.334. The second-order valence-electron chi connectivity index (χ2n) is 19.2. The minimum absolute atomic E-state index is 0.0253. The van der Waals surface area contributed by atoms with E-state index in [1.807, 2.05) is 21.1 Å². The fraction of sp³-hybridized carbons (Fsp3) is 0.870. The molecule has 9 heteroatoms. The molecular weight excluding hydrogens is 806 g/mol. The number of hydrogen-bond donors (Lipinski definition) is 0. The fourth-order valence-electron chi connectivity index (χ4n) is 7.51. The maximum Gasteiger partial charge on any atom is 0.306 e. The Labute approximate surface area is 391 Å². The number of hydrogen-bond acceptors (Lipinski definition) is 7. The van der Waals surface area contributed by atoms with Gasteiger partial charge in [0.15, 0.2) is 0 Å². The van der Waals surface area contributed by atoms with Gasteiger partial charge in [-0.25, -0.2) is 0 Å². The zero-order valence-electron chi connectivity index (χ0n) is 42.3. The molecule has 63 heavy (non-hydrogen) atoms. The Balaban J connectivity index is 4.10. The van der Waals surface area contributed by atoms with Gasteiger partial charge in [-0.05, 0) is 70.6 Å². The van der Waals surface area contributed by atoms with Gasteiger partial charge in [0.1, 0.15) is 19.3 Å². The molecule has 0 N–H and O–H groups in total. The molecule has 0 aliphatic heterocycles. The first-order chi connectivity index (χ1) is 30.6. The summed E-state index contributed by atoms with van der Waals surface area (Å²) in [5, 5.41) is 0. The van der Waals surface area contributed by atoms with E-state index >= 15 is 0 Å². The second kappa shape index (κ2) is 47.2. The van der Waals surface area contributed by atoms with Crippen LogP contribution in [-0.4, -0.2) is 70.7 Å². The minimum atomic E-state index is -4.53. The number of esters is 1. The monoisotopic (exact) mass is 910 g/mol. The number of quaternary nitrogens is 1. The van der Waals surface area contributed by atoms with Crippen molar-refractivity contribution in [2.45, 2.75) is 251 Å². The molecule has 0 aliphatic carbocycles. The Morgan fingerprint density at radius 3 is 1.33 bits per heavy atom. The first-order valence-electron chi connectivity index (χ1n) is 26.7. The molecule has 0 spiro atoms. The standard InChI is InChI=1S/C54H104NO7P/c1-6-8-10-12-14-16-18-20-22-24-26-27-28-29-30-31-33-35-37-39-41-43-45-47-54(56)62-53(52-61-63(57,58)60-50-48-55(3,4)5)51-59-49-46-44-42-40-38-36-34-32-25-23-21-19-17-15-13-11-9-7-2/h15,17,21,23-24,26,53H,6-14,16,18-20,22,25,27-52H2,1-5H3/b17-15-,23-21-,26-24-. The van der Waals surface area contributed by atoms with Crippen molar-refractivity contribution in [3.63, 3.8) is 0 Å². The van der Waals surface area contributed by atoms with Crippen LogP contribution in [0, 0.1) is 0 Å². The van der Waals surface area contributed by atoms with Gasteiger partial charge in [0, 0.05) is 13.0 Å². The highest BCUT2D eigenvalue weighted by molar-refractivity contribution is 7.45. The van der Waals surface area contributed by atoms with Crippen LogP contribution >= 0.6 is 7.82 Å². The van der Waals surface area contributed by atoms with Crippen LogP contribution in [0.3, 0.4) is 0 Å². The van der Waals surface area contributed by atoms with Gasteiger partial charge in [0.25, 0.3) is 7.82 Å². The summed E-state index contributed by atoms with van der Waals surface area (Å²) in [5.41, 5.74) is 0. The number of unbranched alkanes of at least 4 members (excludes halogenated alkanes) is 30. The molecule has 0 aromatic rings. The van der Waals surface area contributed by atoms with Crippen LogP contribution in [0.15, 0.2) is 36.5 Å². The molecule has 0 heterocycles. The summed E-state index contributed by atoms with van der Waals surface area (Å²) in [6.07, 6.45) is 57.4. The van der Waals surface area contributed by atoms with E-state index in [9.17, 15) is 14.3 Å². The summed E-state index contributed by atoms with van der Waals surface area (Å²) in [6.45, 7) is 5.41. The molecule has 0 saturated heterocycles. The van der Waals surface area contributed by atoms with Crippen molar-refractivity contribution >= 4 is 13.8 Å². The maximum atomic E-state index is 12.8. The van der Waals surface area contributed by atoms with Crippen molar-refractivity contribution in [1.29, 1.82) is 0 Å².